The van der Waals surface area contributed by atoms with E-state index < -0.39 is 5.54 Å². The van der Waals surface area contributed by atoms with E-state index in [9.17, 15) is 9.59 Å². The summed E-state index contributed by atoms with van der Waals surface area (Å²) in [5.41, 5.74) is 3.53. The normalized spacial score (nSPS) is 13.6. The van der Waals surface area contributed by atoms with Gasteiger partial charge in [-0.3, -0.25) is 9.78 Å². The van der Waals surface area contributed by atoms with Gasteiger partial charge >= 0.3 is 5.97 Å². The number of carbonyl (C=O) groups is 2. The lowest BCUT2D eigenvalue weighted by Crippen LogP contribution is -2.47. The van der Waals surface area contributed by atoms with Gasteiger partial charge in [0.2, 0.25) is 0 Å². The Labute approximate surface area is 160 Å². The van der Waals surface area contributed by atoms with Crippen molar-refractivity contribution in [2.24, 2.45) is 0 Å². The molecule has 0 bridgehead atoms. The molecular weight excluding hydrogens is 340 g/mol. The van der Waals surface area contributed by atoms with E-state index in [4.69, 9.17) is 4.74 Å². The first-order valence-corrected chi connectivity index (χ1v) is 9.39. The van der Waals surface area contributed by atoms with Crippen molar-refractivity contribution < 1.29 is 14.3 Å². The summed E-state index contributed by atoms with van der Waals surface area (Å²) in [5.74, 6) is -0.585. The van der Waals surface area contributed by atoms with Gasteiger partial charge in [-0.1, -0.05) is 18.2 Å². The van der Waals surface area contributed by atoms with Gasteiger partial charge in [0.25, 0.3) is 5.91 Å². The Kier molecular flexibility index (Phi) is 5.59. The quantitative estimate of drug-likeness (QED) is 0.821. The summed E-state index contributed by atoms with van der Waals surface area (Å²) in [4.78, 5) is 29.4. The molecule has 0 fully saturated rings. The van der Waals surface area contributed by atoms with Gasteiger partial charge in [-0.25, -0.2) is 4.79 Å². The van der Waals surface area contributed by atoms with Crippen LogP contribution < -0.4 is 5.32 Å². The number of ether oxygens (including phenoxy) is 1. The zero-order valence-corrected chi connectivity index (χ0v) is 16.2. The molecule has 3 rings (SSSR count). The van der Waals surface area contributed by atoms with Crippen molar-refractivity contribution in [3.63, 3.8) is 0 Å². The van der Waals surface area contributed by atoms with Crippen LogP contribution >= 0.6 is 0 Å². The zero-order valence-electron chi connectivity index (χ0n) is 16.2. The summed E-state index contributed by atoms with van der Waals surface area (Å²) in [7, 11) is 0. The Balaban J connectivity index is 1.61. The predicted molar refractivity (Wildman–Crippen MR) is 104 cm³/mol. The average molecular weight is 366 g/mol. The van der Waals surface area contributed by atoms with Gasteiger partial charge in [-0.2, -0.15) is 0 Å². The van der Waals surface area contributed by atoms with E-state index in [0.29, 0.717) is 11.1 Å². The van der Waals surface area contributed by atoms with Crippen LogP contribution in [0.25, 0.3) is 0 Å². The van der Waals surface area contributed by atoms with Crippen LogP contribution in [0.1, 0.15) is 64.2 Å². The Morgan fingerprint density at radius 1 is 1.19 bits per heavy atom. The molecule has 5 nitrogen and oxygen atoms in total. The molecule has 27 heavy (non-hydrogen) atoms. The molecule has 1 amide bonds. The maximum Gasteiger partial charge on any atom is 0.338 e. The van der Waals surface area contributed by atoms with E-state index in [2.05, 4.69) is 10.3 Å². The van der Waals surface area contributed by atoms with Crippen molar-refractivity contribution in [2.75, 3.05) is 6.61 Å². The van der Waals surface area contributed by atoms with E-state index in [1.165, 1.54) is 0 Å². The van der Waals surface area contributed by atoms with Gasteiger partial charge in [0.05, 0.1) is 16.7 Å². The molecule has 0 unspecified atom stereocenters. The lowest BCUT2D eigenvalue weighted by Gasteiger charge is -2.26. The number of esters is 1. The molecule has 0 aliphatic heterocycles. The van der Waals surface area contributed by atoms with Crippen molar-refractivity contribution in [1.82, 2.24) is 10.3 Å². The van der Waals surface area contributed by atoms with E-state index in [1.54, 1.807) is 18.3 Å². The predicted octanol–water partition coefficient (Wildman–Crippen LogP) is 3.63. The summed E-state index contributed by atoms with van der Waals surface area (Å²) in [6.45, 7) is 5.63. The third-order valence-electron chi connectivity index (χ3n) is 4.81. The highest BCUT2D eigenvalue weighted by Gasteiger charge is 2.25. The minimum atomic E-state index is -0.689. The third-order valence-corrected chi connectivity index (χ3v) is 4.81. The monoisotopic (exact) mass is 366 g/mol. The largest absolute Gasteiger partial charge is 0.460 e. The molecule has 1 aromatic carbocycles. The lowest BCUT2D eigenvalue weighted by atomic mass is 9.95. The Morgan fingerprint density at radius 3 is 2.70 bits per heavy atom. The molecule has 2 aromatic rings. The number of nitrogens with zero attached hydrogens (tertiary/aromatic N) is 1. The summed E-state index contributed by atoms with van der Waals surface area (Å²) >= 11 is 0. The van der Waals surface area contributed by atoms with Gasteiger partial charge in [0, 0.05) is 11.9 Å². The first kappa shape index (κ1) is 19.1. The summed E-state index contributed by atoms with van der Waals surface area (Å²) in [5, 5.41) is 2.94. The van der Waals surface area contributed by atoms with Gasteiger partial charge in [0.15, 0.2) is 0 Å². The van der Waals surface area contributed by atoms with E-state index in [1.807, 2.05) is 39.0 Å². The fraction of sp³-hybridized carbons (Fsp3) is 0.409. The Hall–Kier alpha value is -2.69. The molecule has 1 aliphatic carbocycles. The number of rotatable bonds is 5. The molecule has 0 saturated carbocycles. The van der Waals surface area contributed by atoms with Crippen LogP contribution in [0.5, 0.6) is 0 Å². The maximum absolute atomic E-state index is 12.6. The number of hydrogen-bond acceptors (Lipinski definition) is 4. The second-order valence-electron chi connectivity index (χ2n) is 7.77. The van der Waals surface area contributed by atoms with Crippen LogP contribution in [-0.2, 0) is 17.6 Å². The number of nitrogens with one attached hydrogen (secondary N) is 1. The highest BCUT2D eigenvalue weighted by atomic mass is 16.5. The number of benzene rings is 1. The van der Waals surface area contributed by atoms with Crippen molar-refractivity contribution in [3.8, 4) is 0 Å². The standard InChI is InChI=1S/C22H26N2O3/c1-15-8-4-6-10-18(15)21(26)27-14-22(2,3)24-20(25)17-12-16-9-5-7-11-19(16)23-13-17/h4,6,8,10,12-13H,5,7,9,11,14H2,1-3H3,(H,24,25). The molecule has 0 radical (unpaired) electrons. The fourth-order valence-corrected chi connectivity index (χ4v) is 3.25. The summed E-state index contributed by atoms with van der Waals surface area (Å²) in [6.07, 6.45) is 5.89. The van der Waals surface area contributed by atoms with Crippen molar-refractivity contribution >= 4 is 11.9 Å². The van der Waals surface area contributed by atoms with Crippen molar-refractivity contribution in [1.29, 1.82) is 0 Å². The second kappa shape index (κ2) is 7.91. The molecular formula is C22H26N2O3. The number of fused-ring (bicyclic) bond motifs is 1. The number of pyridine rings is 1. The van der Waals surface area contributed by atoms with Gasteiger partial charge in [-0.05, 0) is 69.7 Å². The molecule has 1 aromatic heterocycles. The lowest BCUT2D eigenvalue weighted by molar-refractivity contribution is 0.0389. The molecule has 142 valence electrons. The van der Waals surface area contributed by atoms with Crippen LogP contribution in [0.15, 0.2) is 36.5 Å². The van der Waals surface area contributed by atoms with Crippen LogP contribution in [-0.4, -0.2) is 29.0 Å². The van der Waals surface area contributed by atoms with Crippen molar-refractivity contribution in [3.05, 3.63) is 64.5 Å². The van der Waals surface area contributed by atoms with Crippen LogP contribution in [0.3, 0.4) is 0 Å². The maximum atomic E-state index is 12.6. The molecule has 1 heterocycles. The Morgan fingerprint density at radius 2 is 1.93 bits per heavy atom. The topological polar surface area (TPSA) is 68.3 Å². The number of aryl methyl sites for hydroxylation is 3. The first-order chi connectivity index (χ1) is 12.9. The second-order valence-corrected chi connectivity index (χ2v) is 7.77. The molecule has 0 atom stereocenters. The van der Waals surface area contributed by atoms with Gasteiger partial charge in [-0.15, -0.1) is 0 Å². The summed E-state index contributed by atoms with van der Waals surface area (Å²) in [6, 6.07) is 9.23. The fourth-order valence-electron chi connectivity index (χ4n) is 3.25. The average Bonchev–Trinajstić information content (AvgIpc) is 2.66. The summed E-state index contributed by atoms with van der Waals surface area (Å²) < 4.78 is 5.43. The van der Waals surface area contributed by atoms with E-state index in [0.717, 1.165) is 42.5 Å². The molecule has 5 heteroatoms. The molecule has 1 aliphatic rings. The number of aromatic nitrogens is 1. The number of hydrogen-bond donors (Lipinski definition) is 1. The van der Waals surface area contributed by atoms with Crippen molar-refractivity contribution in [2.45, 2.75) is 52.0 Å². The van der Waals surface area contributed by atoms with Crippen LogP contribution in [0, 0.1) is 6.92 Å². The highest BCUT2D eigenvalue weighted by Crippen LogP contribution is 2.20. The van der Waals surface area contributed by atoms with Gasteiger partial charge < -0.3 is 10.1 Å². The first-order valence-electron chi connectivity index (χ1n) is 9.39. The number of carbonyl (C=O) groups excluding carboxylic acids is 2. The SMILES string of the molecule is Cc1ccccc1C(=O)OCC(C)(C)NC(=O)c1cnc2c(c1)CCCC2. The van der Waals surface area contributed by atoms with Gasteiger partial charge in [0.1, 0.15) is 6.61 Å². The molecule has 0 spiro atoms. The third kappa shape index (κ3) is 4.73. The molecule has 0 saturated heterocycles. The highest BCUT2D eigenvalue weighted by molar-refractivity contribution is 5.94. The molecule has 1 N–H and O–H groups in total. The van der Waals surface area contributed by atoms with Crippen LogP contribution in [0.4, 0.5) is 0 Å². The van der Waals surface area contributed by atoms with E-state index >= 15 is 0 Å². The van der Waals surface area contributed by atoms with E-state index in [-0.39, 0.29) is 18.5 Å². The number of amides is 1. The minimum absolute atomic E-state index is 0.0876. The minimum Gasteiger partial charge on any atom is -0.460 e. The Bertz CT molecular complexity index is 858. The zero-order chi connectivity index (χ0) is 19.4. The smallest absolute Gasteiger partial charge is 0.338 e. The van der Waals surface area contributed by atoms with Crippen LogP contribution in [0.2, 0.25) is 0 Å².